The zero-order valence-corrected chi connectivity index (χ0v) is 16.6. The predicted molar refractivity (Wildman–Crippen MR) is 105 cm³/mol. The number of rotatable bonds is 0. The summed E-state index contributed by atoms with van der Waals surface area (Å²) >= 11 is 4.09. The second-order valence-corrected chi connectivity index (χ2v) is 11.0. The van der Waals surface area contributed by atoms with Crippen molar-refractivity contribution in [3.8, 4) is 0 Å². The molecule has 2 aliphatic heterocycles. The highest BCUT2D eigenvalue weighted by molar-refractivity contribution is 7.99. The lowest BCUT2D eigenvalue weighted by Crippen LogP contribution is -2.24. The third-order valence-electron chi connectivity index (χ3n) is 6.25. The average Bonchev–Trinajstić information content (AvgIpc) is 2.51. The van der Waals surface area contributed by atoms with Gasteiger partial charge in [0, 0.05) is 9.79 Å². The van der Waals surface area contributed by atoms with Crippen LogP contribution in [0.25, 0.3) is 0 Å². The summed E-state index contributed by atoms with van der Waals surface area (Å²) in [5.74, 6) is 2.50. The SMILES string of the molecule is CC1(C)CCSc2cc3c(cc21)=c1cc2c(cc1=3)SCCC2(C)C. The van der Waals surface area contributed by atoms with Gasteiger partial charge in [0.2, 0.25) is 0 Å². The molecule has 2 aromatic carbocycles. The molecule has 0 saturated carbocycles. The van der Waals surface area contributed by atoms with Crippen molar-refractivity contribution >= 4 is 23.5 Å². The van der Waals surface area contributed by atoms with Gasteiger partial charge in [-0.2, -0.15) is 0 Å². The number of benzene rings is 2. The molecule has 5 rings (SSSR count). The minimum absolute atomic E-state index is 0.314. The summed E-state index contributed by atoms with van der Waals surface area (Å²) in [5, 5.41) is 5.96. The Morgan fingerprint density at radius 3 is 1.42 bits per heavy atom. The quantitative estimate of drug-likeness (QED) is 0.478. The summed E-state index contributed by atoms with van der Waals surface area (Å²) in [6.45, 7) is 9.63. The topological polar surface area (TPSA) is 0 Å². The van der Waals surface area contributed by atoms with E-state index >= 15 is 0 Å². The molecule has 0 aromatic heterocycles. The number of hydrogen-bond acceptors (Lipinski definition) is 2. The maximum atomic E-state index is 2.51. The van der Waals surface area contributed by atoms with Gasteiger partial charge in [-0.1, -0.05) is 27.7 Å². The molecule has 124 valence electrons. The molecule has 0 nitrogen and oxygen atoms in total. The predicted octanol–water partition coefficient (Wildman–Crippen LogP) is 6.12. The first-order valence-electron chi connectivity index (χ1n) is 9.00. The third-order valence-corrected chi connectivity index (χ3v) is 8.36. The fourth-order valence-electron chi connectivity index (χ4n) is 4.39. The average molecular weight is 353 g/mol. The summed E-state index contributed by atoms with van der Waals surface area (Å²) in [6, 6.07) is 9.97. The van der Waals surface area contributed by atoms with Gasteiger partial charge in [0.1, 0.15) is 0 Å². The number of hydrogen-bond donors (Lipinski definition) is 0. The van der Waals surface area contributed by atoms with E-state index in [4.69, 9.17) is 0 Å². The van der Waals surface area contributed by atoms with Crippen molar-refractivity contribution in [1.29, 1.82) is 0 Å². The van der Waals surface area contributed by atoms with Crippen molar-refractivity contribution < 1.29 is 0 Å². The van der Waals surface area contributed by atoms with E-state index in [9.17, 15) is 0 Å². The zero-order valence-electron chi connectivity index (χ0n) is 15.0. The Balaban J connectivity index is 1.83. The molecule has 2 heteroatoms. The van der Waals surface area contributed by atoms with Crippen LogP contribution in [0.2, 0.25) is 0 Å². The van der Waals surface area contributed by atoms with Crippen LogP contribution < -0.4 is 0 Å². The molecule has 0 amide bonds. The molecule has 0 N–H and O–H groups in total. The summed E-state index contributed by atoms with van der Waals surface area (Å²) in [7, 11) is 0. The van der Waals surface area contributed by atoms with Crippen LogP contribution in [0.4, 0.5) is 0 Å². The zero-order chi connectivity index (χ0) is 16.7. The highest BCUT2D eigenvalue weighted by Crippen LogP contribution is 2.44. The van der Waals surface area contributed by atoms with Crippen molar-refractivity contribution in [3.05, 3.63) is 56.3 Å². The fourth-order valence-corrected chi connectivity index (χ4v) is 7.44. The second-order valence-electron chi connectivity index (χ2n) is 8.75. The van der Waals surface area contributed by atoms with Crippen LogP contribution in [-0.2, 0) is 10.8 Å². The second kappa shape index (κ2) is 4.86. The minimum atomic E-state index is 0.314. The molecule has 0 saturated heterocycles. The van der Waals surface area contributed by atoms with Crippen LogP contribution in [0.3, 0.4) is 0 Å². The van der Waals surface area contributed by atoms with E-state index in [-0.39, 0.29) is 0 Å². The van der Waals surface area contributed by atoms with Crippen LogP contribution in [-0.4, -0.2) is 11.5 Å². The normalized spacial score (nSPS) is 21.8. The summed E-state index contributed by atoms with van der Waals surface area (Å²) < 4.78 is 0. The van der Waals surface area contributed by atoms with Crippen LogP contribution >= 0.6 is 23.5 Å². The molecular weight excluding hydrogens is 328 g/mol. The Morgan fingerprint density at radius 1 is 0.625 bits per heavy atom. The van der Waals surface area contributed by atoms with E-state index in [0.717, 1.165) is 0 Å². The molecule has 0 bridgehead atoms. The van der Waals surface area contributed by atoms with E-state index in [1.54, 1.807) is 11.1 Å². The highest BCUT2D eigenvalue weighted by Gasteiger charge is 2.30. The van der Waals surface area contributed by atoms with Crippen molar-refractivity contribution in [3.63, 3.8) is 0 Å². The fraction of sp³-hybridized carbons (Fsp3) is 0.455. The Bertz CT molecular complexity index is 975. The third kappa shape index (κ3) is 2.02. The van der Waals surface area contributed by atoms with Crippen molar-refractivity contribution in [1.82, 2.24) is 0 Å². The molecule has 24 heavy (non-hydrogen) atoms. The van der Waals surface area contributed by atoms with Gasteiger partial charge < -0.3 is 0 Å². The first kappa shape index (κ1) is 15.4. The monoisotopic (exact) mass is 352 g/mol. The number of thioether (sulfide) groups is 2. The first-order valence-corrected chi connectivity index (χ1v) is 11.0. The van der Waals surface area contributed by atoms with Gasteiger partial charge in [0.15, 0.2) is 0 Å². The molecule has 0 radical (unpaired) electrons. The lowest BCUT2D eigenvalue weighted by atomic mass is 9.79. The molecule has 0 atom stereocenters. The van der Waals surface area contributed by atoms with E-state index < -0.39 is 0 Å². The maximum absolute atomic E-state index is 2.51. The minimum Gasteiger partial charge on any atom is -0.126 e. The lowest BCUT2D eigenvalue weighted by molar-refractivity contribution is 0.491. The maximum Gasteiger partial charge on any atom is 0.0116 e. The summed E-state index contributed by atoms with van der Waals surface area (Å²) in [6.07, 6.45) is 2.56. The molecule has 3 aliphatic rings. The van der Waals surface area contributed by atoms with Gasteiger partial charge in [0.25, 0.3) is 0 Å². The van der Waals surface area contributed by atoms with Gasteiger partial charge in [-0.3, -0.25) is 0 Å². The van der Waals surface area contributed by atoms with Gasteiger partial charge >= 0.3 is 0 Å². The smallest absolute Gasteiger partial charge is 0.0116 e. The van der Waals surface area contributed by atoms with Crippen LogP contribution in [0, 0.1) is 20.9 Å². The van der Waals surface area contributed by atoms with Gasteiger partial charge in [-0.05, 0) is 91.4 Å². The van der Waals surface area contributed by atoms with E-state index in [0.29, 0.717) is 10.8 Å². The van der Waals surface area contributed by atoms with Gasteiger partial charge in [-0.15, -0.1) is 23.5 Å². The molecule has 0 fully saturated rings. The molecule has 0 unspecified atom stereocenters. The Morgan fingerprint density at radius 2 is 1.00 bits per heavy atom. The van der Waals surface area contributed by atoms with Crippen LogP contribution in [0.15, 0.2) is 34.1 Å². The largest absolute Gasteiger partial charge is 0.126 e. The molecular formula is C22H24S2. The van der Waals surface area contributed by atoms with Crippen LogP contribution in [0.5, 0.6) is 0 Å². The molecule has 2 aromatic rings. The summed E-state index contributed by atoms with van der Waals surface area (Å²) in [4.78, 5) is 3.03. The standard InChI is InChI=1S/C22H24S2/c1-21(2)5-7-23-19-11-15-13(9-17(19)21)14-10-18-20(12-16(14)15)24-8-6-22(18,3)4/h9-12H,5-8H2,1-4H3. The first-order chi connectivity index (χ1) is 11.4. The Hall–Kier alpha value is -0.860. The van der Waals surface area contributed by atoms with E-state index in [2.05, 4.69) is 52.0 Å². The van der Waals surface area contributed by atoms with E-state index in [1.807, 2.05) is 23.5 Å². The highest BCUT2D eigenvalue weighted by atomic mass is 32.2. The van der Waals surface area contributed by atoms with Gasteiger partial charge in [-0.25, -0.2) is 0 Å². The van der Waals surface area contributed by atoms with Crippen molar-refractivity contribution in [2.75, 3.05) is 11.5 Å². The van der Waals surface area contributed by atoms with Gasteiger partial charge in [0.05, 0.1) is 0 Å². The Labute approximate surface area is 152 Å². The Kier molecular flexibility index (Phi) is 3.12. The number of fused-ring (bicyclic) bond motifs is 4. The van der Waals surface area contributed by atoms with E-state index in [1.165, 1.54) is 55.0 Å². The van der Waals surface area contributed by atoms with Crippen molar-refractivity contribution in [2.24, 2.45) is 0 Å². The molecule has 0 spiro atoms. The molecule has 2 heterocycles. The lowest BCUT2D eigenvalue weighted by Gasteiger charge is -2.34. The van der Waals surface area contributed by atoms with Crippen LogP contribution in [0.1, 0.15) is 51.7 Å². The van der Waals surface area contributed by atoms with Crippen molar-refractivity contribution in [2.45, 2.75) is 61.2 Å². The molecule has 1 aliphatic carbocycles. The summed E-state index contributed by atoms with van der Waals surface area (Å²) in [5.41, 5.74) is 3.76.